The molecule has 3 N–H and O–H groups in total. The Morgan fingerprint density at radius 2 is 1.67 bits per heavy atom. The first kappa shape index (κ1) is 21.6. The van der Waals surface area contributed by atoms with E-state index in [1.54, 1.807) is 18.2 Å². The first-order valence-electron chi connectivity index (χ1n) is 11.5. The standard InChI is InChI=1S/C25H30N6O2/c1-16-12-30(13-17(2)26-16)24-27-23(19-8-5-9-22(33)11-19)28-25(29-24)31-14-20-7-4-3-6-18(20)10-21(31)15-32/h3-9,11,16-17,21,26,32-33H,10,12-15H2,1-2H3/t16?,17?,21-/m1/s1. The number of rotatable bonds is 4. The van der Waals surface area contributed by atoms with Gasteiger partial charge in [-0.05, 0) is 43.5 Å². The summed E-state index contributed by atoms with van der Waals surface area (Å²) in [5.41, 5.74) is 3.20. The van der Waals surface area contributed by atoms with Crippen LogP contribution < -0.4 is 15.1 Å². The number of benzene rings is 2. The lowest BCUT2D eigenvalue weighted by atomic mass is 9.94. The molecule has 0 radical (unpaired) electrons. The second-order valence-corrected chi connectivity index (χ2v) is 9.12. The number of aliphatic hydroxyl groups excluding tert-OH is 1. The first-order valence-corrected chi connectivity index (χ1v) is 11.5. The predicted octanol–water partition coefficient (Wildman–Crippen LogP) is 2.35. The Balaban J connectivity index is 1.59. The van der Waals surface area contributed by atoms with E-state index >= 15 is 0 Å². The number of phenolic OH excluding ortho intramolecular Hbond substituents is 1. The average molecular weight is 447 g/mol. The molecular weight excluding hydrogens is 416 g/mol. The van der Waals surface area contributed by atoms with Crippen molar-refractivity contribution in [2.75, 3.05) is 29.5 Å². The zero-order valence-electron chi connectivity index (χ0n) is 19.0. The summed E-state index contributed by atoms with van der Waals surface area (Å²) in [6, 6.07) is 15.8. The molecule has 2 aromatic carbocycles. The number of aliphatic hydroxyl groups is 1. The van der Waals surface area contributed by atoms with Gasteiger partial charge in [0.15, 0.2) is 5.82 Å². The maximum Gasteiger partial charge on any atom is 0.231 e. The fourth-order valence-electron chi connectivity index (χ4n) is 4.87. The molecule has 3 aromatic rings. The Morgan fingerprint density at radius 1 is 0.939 bits per heavy atom. The molecule has 0 bridgehead atoms. The lowest BCUT2D eigenvalue weighted by molar-refractivity contribution is 0.252. The van der Waals surface area contributed by atoms with Gasteiger partial charge in [0.2, 0.25) is 11.9 Å². The number of nitrogens with one attached hydrogen (secondary N) is 1. The largest absolute Gasteiger partial charge is 0.508 e. The van der Waals surface area contributed by atoms with Crippen LogP contribution in [-0.4, -0.2) is 63.0 Å². The summed E-state index contributed by atoms with van der Waals surface area (Å²) in [5, 5.41) is 23.8. The molecular formula is C25H30N6O2. The van der Waals surface area contributed by atoms with Crippen molar-refractivity contribution in [3.8, 4) is 17.1 Å². The minimum Gasteiger partial charge on any atom is -0.508 e. The molecule has 2 unspecified atom stereocenters. The fourth-order valence-corrected chi connectivity index (χ4v) is 4.87. The molecule has 2 aliphatic heterocycles. The first-order chi connectivity index (χ1) is 16.0. The van der Waals surface area contributed by atoms with Crippen LogP contribution in [0.5, 0.6) is 5.75 Å². The molecule has 0 spiro atoms. The number of fused-ring (bicyclic) bond motifs is 1. The molecule has 3 atom stereocenters. The second kappa shape index (κ2) is 8.96. The molecule has 0 saturated carbocycles. The molecule has 0 aliphatic carbocycles. The molecule has 5 rings (SSSR count). The van der Waals surface area contributed by atoms with Crippen LogP contribution in [0.2, 0.25) is 0 Å². The third kappa shape index (κ3) is 4.49. The maximum absolute atomic E-state index is 10.2. The van der Waals surface area contributed by atoms with Crippen LogP contribution in [-0.2, 0) is 13.0 Å². The third-order valence-corrected chi connectivity index (χ3v) is 6.38. The van der Waals surface area contributed by atoms with Crippen molar-refractivity contribution in [1.82, 2.24) is 20.3 Å². The summed E-state index contributed by atoms with van der Waals surface area (Å²) >= 11 is 0. The summed E-state index contributed by atoms with van der Waals surface area (Å²) in [6.07, 6.45) is 0.733. The molecule has 1 aromatic heterocycles. The second-order valence-electron chi connectivity index (χ2n) is 9.12. The topological polar surface area (TPSA) is 97.6 Å². The van der Waals surface area contributed by atoms with E-state index < -0.39 is 0 Å². The lowest BCUT2D eigenvalue weighted by Crippen LogP contribution is -2.55. The number of anilines is 2. The van der Waals surface area contributed by atoms with Crippen LogP contribution in [0, 0.1) is 0 Å². The molecule has 1 fully saturated rings. The predicted molar refractivity (Wildman–Crippen MR) is 128 cm³/mol. The maximum atomic E-state index is 10.2. The van der Waals surface area contributed by atoms with Crippen molar-refractivity contribution >= 4 is 11.9 Å². The Bertz CT molecular complexity index is 1130. The third-order valence-electron chi connectivity index (χ3n) is 6.38. The van der Waals surface area contributed by atoms with Crippen molar-refractivity contribution in [2.45, 2.75) is 44.9 Å². The SMILES string of the molecule is CC1CN(c2nc(-c3cccc(O)c3)nc(N3Cc4ccccc4C[C@@H]3CO)n2)CC(C)N1. The van der Waals surface area contributed by atoms with Gasteiger partial charge in [0.1, 0.15) is 5.75 Å². The fraction of sp³-hybridized carbons (Fsp3) is 0.400. The quantitative estimate of drug-likeness (QED) is 0.562. The van der Waals surface area contributed by atoms with E-state index in [1.165, 1.54) is 11.1 Å². The van der Waals surface area contributed by atoms with Gasteiger partial charge in [-0.1, -0.05) is 36.4 Å². The zero-order valence-corrected chi connectivity index (χ0v) is 19.0. The molecule has 8 heteroatoms. The van der Waals surface area contributed by atoms with Crippen LogP contribution in [0.3, 0.4) is 0 Å². The van der Waals surface area contributed by atoms with Gasteiger partial charge >= 0.3 is 0 Å². The van der Waals surface area contributed by atoms with Crippen molar-refractivity contribution in [1.29, 1.82) is 0 Å². The minimum absolute atomic E-state index is 0.0124. The van der Waals surface area contributed by atoms with E-state index in [0.29, 0.717) is 36.3 Å². The van der Waals surface area contributed by atoms with Crippen LogP contribution in [0.25, 0.3) is 11.4 Å². The van der Waals surface area contributed by atoms with Crippen molar-refractivity contribution in [3.05, 3.63) is 59.7 Å². The van der Waals surface area contributed by atoms with Crippen LogP contribution in [0.1, 0.15) is 25.0 Å². The minimum atomic E-state index is -0.118. The van der Waals surface area contributed by atoms with E-state index in [9.17, 15) is 10.2 Å². The average Bonchev–Trinajstić information content (AvgIpc) is 2.82. The molecule has 2 aliphatic rings. The number of nitrogens with zero attached hydrogens (tertiary/aromatic N) is 5. The highest BCUT2D eigenvalue weighted by atomic mass is 16.3. The van der Waals surface area contributed by atoms with E-state index in [1.807, 2.05) is 18.2 Å². The lowest BCUT2D eigenvalue weighted by Gasteiger charge is -2.38. The van der Waals surface area contributed by atoms with Crippen LogP contribution in [0.15, 0.2) is 48.5 Å². The Hall–Kier alpha value is -3.23. The molecule has 1 saturated heterocycles. The van der Waals surface area contributed by atoms with Gasteiger partial charge in [-0.3, -0.25) is 0 Å². The smallest absolute Gasteiger partial charge is 0.231 e. The summed E-state index contributed by atoms with van der Waals surface area (Å²) < 4.78 is 0. The number of phenols is 1. The van der Waals surface area contributed by atoms with E-state index in [4.69, 9.17) is 15.0 Å². The number of aromatic hydroxyl groups is 1. The van der Waals surface area contributed by atoms with Crippen LogP contribution in [0.4, 0.5) is 11.9 Å². The number of piperazine rings is 1. The number of hydrogen-bond acceptors (Lipinski definition) is 8. The molecule has 8 nitrogen and oxygen atoms in total. The highest BCUT2D eigenvalue weighted by molar-refractivity contribution is 5.61. The van der Waals surface area contributed by atoms with E-state index in [0.717, 1.165) is 25.1 Å². The van der Waals surface area contributed by atoms with Crippen molar-refractivity contribution < 1.29 is 10.2 Å². The Kier molecular flexibility index (Phi) is 5.86. The van der Waals surface area contributed by atoms with Crippen LogP contribution >= 0.6 is 0 Å². The highest BCUT2D eigenvalue weighted by Crippen LogP contribution is 2.30. The van der Waals surface area contributed by atoms with Gasteiger partial charge in [0.25, 0.3) is 0 Å². The normalized spacial score (nSPS) is 22.8. The molecule has 3 heterocycles. The molecule has 33 heavy (non-hydrogen) atoms. The van der Waals surface area contributed by atoms with Crippen molar-refractivity contribution in [2.24, 2.45) is 0 Å². The van der Waals surface area contributed by atoms with E-state index in [-0.39, 0.29) is 18.4 Å². The monoisotopic (exact) mass is 446 g/mol. The number of aromatic nitrogens is 3. The Labute approximate surface area is 194 Å². The zero-order chi connectivity index (χ0) is 22.9. The highest BCUT2D eigenvalue weighted by Gasteiger charge is 2.30. The molecule has 172 valence electrons. The van der Waals surface area contributed by atoms with Gasteiger partial charge in [-0.25, -0.2) is 0 Å². The van der Waals surface area contributed by atoms with Crippen molar-refractivity contribution in [3.63, 3.8) is 0 Å². The van der Waals surface area contributed by atoms with Gasteiger partial charge in [-0.2, -0.15) is 15.0 Å². The Morgan fingerprint density at radius 3 is 2.39 bits per heavy atom. The van der Waals surface area contributed by atoms with Gasteiger partial charge in [0, 0.05) is 37.3 Å². The molecule has 0 amide bonds. The number of hydrogen-bond donors (Lipinski definition) is 3. The summed E-state index contributed by atoms with van der Waals surface area (Å²) in [6.45, 7) is 6.53. The van der Waals surface area contributed by atoms with E-state index in [2.05, 4.69) is 41.1 Å². The van der Waals surface area contributed by atoms with Gasteiger partial charge < -0.3 is 25.3 Å². The summed E-state index contributed by atoms with van der Waals surface area (Å²) in [4.78, 5) is 18.8. The summed E-state index contributed by atoms with van der Waals surface area (Å²) in [5.74, 6) is 1.85. The summed E-state index contributed by atoms with van der Waals surface area (Å²) in [7, 11) is 0. The van der Waals surface area contributed by atoms with Gasteiger partial charge in [0.05, 0.1) is 12.6 Å². The van der Waals surface area contributed by atoms with Gasteiger partial charge in [-0.15, -0.1) is 0 Å².